The summed E-state index contributed by atoms with van der Waals surface area (Å²) in [4.78, 5) is 16.6. The lowest BCUT2D eigenvalue weighted by Crippen LogP contribution is -2.52. The molecule has 1 aromatic rings. The summed E-state index contributed by atoms with van der Waals surface area (Å²) >= 11 is 0. The Hall–Kier alpha value is -1.40. The van der Waals surface area contributed by atoms with E-state index in [1.807, 2.05) is 36.1 Å². The molecule has 2 aliphatic rings. The van der Waals surface area contributed by atoms with Crippen LogP contribution in [0.2, 0.25) is 0 Å². The zero-order chi connectivity index (χ0) is 16.4. The van der Waals surface area contributed by atoms with E-state index in [1.165, 1.54) is 0 Å². The number of carbonyl (C=O) groups is 1. The van der Waals surface area contributed by atoms with Gasteiger partial charge in [0.2, 0.25) is 5.91 Å². The molecule has 1 aromatic carbocycles. The van der Waals surface area contributed by atoms with E-state index in [9.17, 15) is 13.2 Å². The molecule has 0 radical (unpaired) electrons. The maximum Gasteiger partial charge on any atom is 0.227 e. The lowest BCUT2D eigenvalue weighted by atomic mass is 10.0. The van der Waals surface area contributed by atoms with E-state index in [4.69, 9.17) is 0 Å². The number of sulfone groups is 1. The molecular formula is C17H24N2O3S. The molecule has 23 heavy (non-hydrogen) atoms. The van der Waals surface area contributed by atoms with Gasteiger partial charge in [-0.1, -0.05) is 24.3 Å². The minimum Gasteiger partial charge on any atom is -0.340 e. The van der Waals surface area contributed by atoms with Crippen molar-refractivity contribution in [3.05, 3.63) is 35.4 Å². The number of hydrogen-bond acceptors (Lipinski definition) is 4. The monoisotopic (exact) mass is 336 g/mol. The number of benzene rings is 1. The van der Waals surface area contributed by atoms with Gasteiger partial charge in [0.15, 0.2) is 9.84 Å². The number of nitrogens with zero attached hydrogens (tertiary/aromatic N) is 2. The van der Waals surface area contributed by atoms with Crippen LogP contribution in [0.5, 0.6) is 0 Å². The summed E-state index contributed by atoms with van der Waals surface area (Å²) in [5, 5.41) is 0. The van der Waals surface area contributed by atoms with Crippen molar-refractivity contribution in [2.24, 2.45) is 0 Å². The fourth-order valence-electron chi connectivity index (χ4n) is 3.48. The molecule has 2 fully saturated rings. The average molecular weight is 336 g/mol. The van der Waals surface area contributed by atoms with Crippen molar-refractivity contribution in [1.82, 2.24) is 9.80 Å². The zero-order valence-corrected chi connectivity index (χ0v) is 14.4. The largest absolute Gasteiger partial charge is 0.340 e. The van der Waals surface area contributed by atoms with Crippen LogP contribution in [-0.2, 0) is 21.1 Å². The van der Waals surface area contributed by atoms with E-state index in [0.29, 0.717) is 25.3 Å². The van der Waals surface area contributed by atoms with Gasteiger partial charge in [-0.2, -0.15) is 0 Å². The van der Waals surface area contributed by atoms with Gasteiger partial charge < -0.3 is 4.90 Å². The van der Waals surface area contributed by atoms with Gasteiger partial charge in [0.1, 0.15) is 0 Å². The van der Waals surface area contributed by atoms with Gasteiger partial charge in [0, 0.05) is 32.2 Å². The van der Waals surface area contributed by atoms with Crippen molar-refractivity contribution < 1.29 is 13.2 Å². The van der Waals surface area contributed by atoms with Gasteiger partial charge in [-0.25, -0.2) is 8.42 Å². The molecule has 0 bridgehead atoms. The number of piperazine rings is 1. The first kappa shape index (κ1) is 16.5. The number of aryl methyl sites for hydroxylation is 1. The molecule has 3 rings (SSSR count). The Balaban J connectivity index is 1.53. The number of amides is 1. The number of hydrogen-bond donors (Lipinski definition) is 0. The van der Waals surface area contributed by atoms with Crippen LogP contribution in [0.3, 0.4) is 0 Å². The summed E-state index contributed by atoms with van der Waals surface area (Å²) in [5.41, 5.74) is 2.23. The second-order valence-corrected chi connectivity index (χ2v) is 8.81. The van der Waals surface area contributed by atoms with Gasteiger partial charge in [0.25, 0.3) is 0 Å². The van der Waals surface area contributed by atoms with E-state index in [0.717, 1.165) is 30.6 Å². The Morgan fingerprint density at radius 1 is 1.17 bits per heavy atom. The standard InChI is InChI=1S/C17H24N2O3S/c1-14-4-2-3-5-15(14)12-17(20)19-9-7-18(8-10-19)16-6-11-23(21,22)13-16/h2-5,16H,6-13H2,1H3/t16-/m1/s1. The Bertz CT molecular complexity index is 679. The third-order valence-corrected chi connectivity index (χ3v) is 6.75. The van der Waals surface area contributed by atoms with Crippen LogP contribution < -0.4 is 0 Å². The minimum atomic E-state index is -2.84. The Morgan fingerprint density at radius 2 is 1.87 bits per heavy atom. The quantitative estimate of drug-likeness (QED) is 0.822. The smallest absolute Gasteiger partial charge is 0.227 e. The van der Waals surface area contributed by atoms with Crippen molar-refractivity contribution in [2.45, 2.75) is 25.8 Å². The predicted octanol–water partition coefficient (Wildman–Crippen LogP) is 0.869. The number of rotatable bonds is 3. The van der Waals surface area contributed by atoms with Gasteiger partial charge in [-0.05, 0) is 24.5 Å². The van der Waals surface area contributed by atoms with Crippen LogP contribution in [0, 0.1) is 6.92 Å². The summed E-state index contributed by atoms with van der Waals surface area (Å²) < 4.78 is 23.2. The van der Waals surface area contributed by atoms with Crippen molar-refractivity contribution >= 4 is 15.7 Å². The second-order valence-electron chi connectivity index (χ2n) is 6.58. The molecule has 1 amide bonds. The zero-order valence-electron chi connectivity index (χ0n) is 13.6. The van der Waals surface area contributed by atoms with Crippen LogP contribution in [0.4, 0.5) is 0 Å². The van der Waals surface area contributed by atoms with Crippen LogP contribution >= 0.6 is 0 Å². The molecule has 0 aromatic heterocycles. The summed E-state index contributed by atoms with van der Waals surface area (Å²) in [6.07, 6.45) is 1.18. The molecule has 2 heterocycles. The first-order chi connectivity index (χ1) is 10.9. The fraction of sp³-hybridized carbons (Fsp3) is 0.588. The van der Waals surface area contributed by atoms with Crippen LogP contribution in [0.15, 0.2) is 24.3 Å². The first-order valence-electron chi connectivity index (χ1n) is 8.21. The van der Waals surface area contributed by atoms with E-state index in [-0.39, 0.29) is 17.7 Å². The van der Waals surface area contributed by atoms with Gasteiger partial charge in [-0.3, -0.25) is 9.69 Å². The van der Waals surface area contributed by atoms with Crippen LogP contribution in [-0.4, -0.2) is 67.9 Å². The highest BCUT2D eigenvalue weighted by Gasteiger charge is 2.34. The molecule has 5 nitrogen and oxygen atoms in total. The van der Waals surface area contributed by atoms with E-state index in [1.54, 1.807) is 0 Å². The molecule has 0 aliphatic carbocycles. The van der Waals surface area contributed by atoms with Gasteiger partial charge in [0.05, 0.1) is 17.9 Å². The molecule has 0 unspecified atom stereocenters. The molecule has 0 saturated carbocycles. The highest BCUT2D eigenvalue weighted by Crippen LogP contribution is 2.19. The molecule has 2 aliphatic heterocycles. The average Bonchev–Trinajstić information content (AvgIpc) is 2.90. The third-order valence-electron chi connectivity index (χ3n) is 4.99. The van der Waals surface area contributed by atoms with E-state index in [2.05, 4.69) is 4.90 Å². The van der Waals surface area contributed by atoms with Crippen molar-refractivity contribution in [3.63, 3.8) is 0 Å². The Kier molecular flexibility index (Phi) is 4.73. The lowest BCUT2D eigenvalue weighted by molar-refractivity contribution is -0.132. The first-order valence-corrected chi connectivity index (χ1v) is 10.0. The third kappa shape index (κ3) is 3.93. The summed E-state index contributed by atoms with van der Waals surface area (Å²) in [6.45, 7) is 4.98. The molecule has 6 heteroatoms. The Labute approximate surface area is 138 Å². The molecule has 2 saturated heterocycles. The van der Waals surface area contributed by atoms with Crippen LogP contribution in [0.25, 0.3) is 0 Å². The molecule has 1 atom stereocenters. The van der Waals surface area contributed by atoms with E-state index < -0.39 is 9.84 Å². The van der Waals surface area contributed by atoms with Gasteiger partial charge in [-0.15, -0.1) is 0 Å². The maximum absolute atomic E-state index is 12.5. The lowest BCUT2D eigenvalue weighted by Gasteiger charge is -2.37. The van der Waals surface area contributed by atoms with Crippen molar-refractivity contribution in [2.75, 3.05) is 37.7 Å². The van der Waals surface area contributed by atoms with Gasteiger partial charge >= 0.3 is 0 Å². The molecule has 126 valence electrons. The fourth-order valence-corrected chi connectivity index (χ4v) is 5.24. The maximum atomic E-state index is 12.5. The Morgan fingerprint density at radius 3 is 2.48 bits per heavy atom. The summed E-state index contributed by atoms with van der Waals surface area (Å²) in [6, 6.07) is 8.13. The van der Waals surface area contributed by atoms with Crippen molar-refractivity contribution in [1.29, 1.82) is 0 Å². The minimum absolute atomic E-state index is 0.147. The van der Waals surface area contributed by atoms with Crippen LogP contribution in [0.1, 0.15) is 17.5 Å². The molecule has 0 spiro atoms. The highest BCUT2D eigenvalue weighted by atomic mass is 32.2. The number of carbonyl (C=O) groups excluding carboxylic acids is 1. The topological polar surface area (TPSA) is 57.7 Å². The molecular weight excluding hydrogens is 312 g/mol. The predicted molar refractivity (Wildman–Crippen MR) is 90.1 cm³/mol. The van der Waals surface area contributed by atoms with E-state index >= 15 is 0 Å². The SMILES string of the molecule is Cc1ccccc1CC(=O)N1CCN([C@@H]2CCS(=O)(=O)C2)CC1. The normalized spacial score (nSPS) is 24.7. The summed E-state index contributed by atoms with van der Waals surface area (Å²) in [5.74, 6) is 0.756. The van der Waals surface area contributed by atoms with Crippen molar-refractivity contribution in [3.8, 4) is 0 Å². The summed E-state index contributed by atoms with van der Waals surface area (Å²) in [7, 11) is -2.84. The second kappa shape index (κ2) is 6.61. The molecule has 0 N–H and O–H groups in total. The highest BCUT2D eigenvalue weighted by molar-refractivity contribution is 7.91.